The van der Waals surface area contributed by atoms with Crippen LogP contribution < -0.4 is 4.72 Å². The van der Waals surface area contributed by atoms with Crippen molar-refractivity contribution in [3.63, 3.8) is 0 Å². The molecule has 3 rings (SSSR count). The second-order valence-electron chi connectivity index (χ2n) is 11.7. The van der Waals surface area contributed by atoms with Crippen LogP contribution in [0.25, 0.3) is 0 Å². The van der Waals surface area contributed by atoms with Crippen LogP contribution in [0.15, 0.2) is 18.2 Å². The maximum atomic E-state index is 14.6. The first-order chi connectivity index (χ1) is 21.2. The van der Waals surface area contributed by atoms with Crippen molar-refractivity contribution in [1.82, 2.24) is 4.72 Å². The maximum Gasteiger partial charge on any atom is 0.431 e. The highest BCUT2D eigenvalue weighted by atomic mass is 32.2. The van der Waals surface area contributed by atoms with E-state index in [4.69, 9.17) is 14.0 Å². The summed E-state index contributed by atoms with van der Waals surface area (Å²) in [6.45, 7) is 3.12. The molecule has 2 N–H and O–H groups in total. The summed E-state index contributed by atoms with van der Waals surface area (Å²) in [5.74, 6) is -19.5. The standard InChI is InChI=1S/C26H28F9NO9S2/c1-21(7-3-4-8-21)44-18(38)15-11-14(12-16(13-15)19(39)45-22(2)9-5-6-10-22)17(37)36-47(42,43)26(34,35)25(32,33)23(27,28)20(46(40)41)24(29,30)31/h11-13,20H,3-10H2,1-2H3,(H,36,37)(H,40,41)/t20-/m0/s1. The van der Waals surface area contributed by atoms with Gasteiger partial charge in [0.05, 0.1) is 11.1 Å². The number of hydrogen-bond acceptors (Lipinski definition) is 8. The van der Waals surface area contributed by atoms with Crippen molar-refractivity contribution in [2.45, 2.75) is 105 Å². The molecule has 21 heteroatoms. The van der Waals surface area contributed by atoms with E-state index in [1.165, 1.54) is 0 Å². The number of carbonyl (C=O) groups is 3. The van der Waals surface area contributed by atoms with Gasteiger partial charge < -0.3 is 14.0 Å². The summed E-state index contributed by atoms with van der Waals surface area (Å²) in [6, 6.07) is 1.85. The number of esters is 2. The fourth-order valence-electron chi connectivity index (χ4n) is 5.23. The summed E-state index contributed by atoms with van der Waals surface area (Å²) >= 11 is -4.97. The lowest BCUT2D eigenvalue weighted by molar-refractivity contribution is -0.305. The number of rotatable bonds is 11. The molecule has 1 amide bonds. The number of hydrogen-bond donors (Lipinski definition) is 2. The first kappa shape index (κ1) is 38.5. The van der Waals surface area contributed by atoms with Crippen LogP contribution in [-0.4, -0.2) is 74.8 Å². The summed E-state index contributed by atoms with van der Waals surface area (Å²) in [6.07, 6.45) is -2.47. The van der Waals surface area contributed by atoms with E-state index in [-0.39, 0.29) is 0 Å². The Hall–Kier alpha value is -2.94. The third-order valence-corrected chi connectivity index (χ3v) is 10.2. The van der Waals surface area contributed by atoms with E-state index >= 15 is 0 Å². The highest BCUT2D eigenvalue weighted by Crippen LogP contribution is 2.53. The fraction of sp³-hybridized carbons (Fsp3) is 0.654. The van der Waals surface area contributed by atoms with Gasteiger partial charge in [-0.3, -0.25) is 4.79 Å². The van der Waals surface area contributed by atoms with Crippen LogP contribution in [0.5, 0.6) is 0 Å². The van der Waals surface area contributed by atoms with Crippen LogP contribution in [0.4, 0.5) is 39.5 Å². The fourth-order valence-corrected chi connectivity index (χ4v) is 6.82. The van der Waals surface area contributed by atoms with Crippen LogP contribution in [0.3, 0.4) is 0 Å². The molecule has 47 heavy (non-hydrogen) atoms. The predicted octanol–water partition coefficient (Wildman–Crippen LogP) is 5.74. The van der Waals surface area contributed by atoms with E-state index < -0.39 is 95.4 Å². The first-order valence-electron chi connectivity index (χ1n) is 13.7. The van der Waals surface area contributed by atoms with Crippen LogP contribution in [0.2, 0.25) is 0 Å². The molecule has 266 valence electrons. The molecule has 1 unspecified atom stereocenters. The molecule has 2 aliphatic rings. The molecule has 0 spiro atoms. The third kappa shape index (κ3) is 7.71. The van der Waals surface area contributed by atoms with Crippen molar-refractivity contribution in [2.24, 2.45) is 0 Å². The Kier molecular flexibility index (Phi) is 10.5. The van der Waals surface area contributed by atoms with Crippen molar-refractivity contribution in [3.05, 3.63) is 34.9 Å². The van der Waals surface area contributed by atoms with Crippen molar-refractivity contribution < 1.29 is 80.6 Å². The molecule has 2 saturated carbocycles. The summed E-state index contributed by atoms with van der Waals surface area (Å²) in [4.78, 5) is 38.8. The highest BCUT2D eigenvalue weighted by molar-refractivity contribution is 7.91. The summed E-state index contributed by atoms with van der Waals surface area (Å²) < 4.78 is 180. The molecule has 0 aliphatic heterocycles. The Morgan fingerprint density at radius 3 is 1.49 bits per heavy atom. The van der Waals surface area contributed by atoms with Gasteiger partial charge in [0.25, 0.3) is 5.91 Å². The second-order valence-corrected chi connectivity index (χ2v) is 14.5. The average Bonchev–Trinajstić information content (AvgIpc) is 3.54. The second kappa shape index (κ2) is 12.8. The van der Waals surface area contributed by atoms with E-state index in [1.54, 1.807) is 13.8 Å². The quantitative estimate of drug-likeness (QED) is 0.165. The van der Waals surface area contributed by atoms with Crippen molar-refractivity contribution in [3.8, 4) is 0 Å². The number of ether oxygens (including phenoxy) is 2. The van der Waals surface area contributed by atoms with Crippen LogP contribution in [0, 0.1) is 0 Å². The molecule has 0 radical (unpaired) electrons. The largest absolute Gasteiger partial charge is 0.456 e. The molecule has 2 atom stereocenters. The molecule has 0 saturated heterocycles. The van der Waals surface area contributed by atoms with E-state index in [0.29, 0.717) is 68.2 Å². The number of sulfonamides is 1. The lowest BCUT2D eigenvalue weighted by Gasteiger charge is -2.35. The molecular weight excluding hydrogens is 705 g/mol. The molecule has 0 bridgehead atoms. The zero-order valence-corrected chi connectivity index (χ0v) is 26.0. The SMILES string of the molecule is CC1(OC(=O)c2cc(C(=O)NS(=O)(=O)C(F)(F)C(F)(F)C(F)(F)[C@H](S(=O)O)C(F)(F)F)cc(C(=O)OC3(C)CCCC3)c2)CCCC1. The third-order valence-electron chi connectivity index (χ3n) is 7.84. The van der Waals surface area contributed by atoms with Crippen LogP contribution in [-0.2, 0) is 30.6 Å². The minimum absolute atomic E-state index is 0.338. The highest BCUT2D eigenvalue weighted by Gasteiger charge is 2.83. The smallest absolute Gasteiger partial charge is 0.431 e. The van der Waals surface area contributed by atoms with Crippen LogP contribution >= 0.6 is 0 Å². The molecule has 1 aromatic carbocycles. The van der Waals surface area contributed by atoms with Gasteiger partial charge in [-0.2, -0.15) is 47.9 Å². The number of nitrogens with one attached hydrogen (secondary N) is 1. The molecule has 10 nitrogen and oxygen atoms in total. The van der Waals surface area contributed by atoms with Gasteiger partial charge >= 0.3 is 45.2 Å². The van der Waals surface area contributed by atoms with Gasteiger partial charge in [0.2, 0.25) is 5.25 Å². The summed E-state index contributed by atoms with van der Waals surface area (Å²) in [5.41, 5.74) is -4.48. The minimum Gasteiger partial charge on any atom is -0.456 e. The average molecular weight is 734 g/mol. The lowest BCUT2D eigenvalue weighted by atomic mass is 10.0. The Labute approximate surface area is 264 Å². The molecule has 2 fully saturated rings. The number of alkyl halides is 9. The zero-order valence-electron chi connectivity index (χ0n) is 24.4. The number of amides is 1. The van der Waals surface area contributed by atoms with Crippen molar-refractivity contribution in [1.29, 1.82) is 0 Å². The van der Waals surface area contributed by atoms with E-state index in [2.05, 4.69) is 0 Å². The molecular formula is C26H28F9NO9S2. The van der Waals surface area contributed by atoms with Gasteiger partial charge in [0.1, 0.15) is 11.2 Å². The van der Waals surface area contributed by atoms with E-state index in [0.717, 1.165) is 6.07 Å². The Bertz CT molecular complexity index is 1480. The van der Waals surface area contributed by atoms with Crippen molar-refractivity contribution >= 4 is 38.9 Å². The van der Waals surface area contributed by atoms with Gasteiger partial charge in [-0.15, -0.1) is 0 Å². The maximum absolute atomic E-state index is 14.6. The molecule has 1 aromatic rings. The van der Waals surface area contributed by atoms with Gasteiger partial charge in [0, 0.05) is 5.56 Å². The van der Waals surface area contributed by atoms with Crippen LogP contribution in [0.1, 0.15) is 96.3 Å². The van der Waals surface area contributed by atoms with Gasteiger partial charge in [0.15, 0.2) is 11.1 Å². The molecule has 0 aromatic heterocycles. The van der Waals surface area contributed by atoms with Gasteiger partial charge in [-0.25, -0.2) is 18.5 Å². The number of halogens is 9. The number of benzene rings is 1. The first-order valence-corrected chi connectivity index (χ1v) is 16.3. The predicted molar refractivity (Wildman–Crippen MR) is 143 cm³/mol. The van der Waals surface area contributed by atoms with Gasteiger partial charge in [-0.05, 0) is 83.4 Å². The van der Waals surface area contributed by atoms with Crippen molar-refractivity contribution in [2.75, 3.05) is 0 Å². The zero-order chi connectivity index (χ0) is 36.0. The topological polar surface area (TPSA) is 153 Å². The Morgan fingerprint density at radius 2 is 1.15 bits per heavy atom. The van der Waals surface area contributed by atoms with Gasteiger partial charge in [-0.1, -0.05) is 0 Å². The lowest BCUT2D eigenvalue weighted by Crippen LogP contribution is -2.67. The summed E-state index contributed by atoms with van der Waals surface area (Å²) in [7, 11) is -7.42. The molecule has 2 aliphatic carbocycles. The Morgan fingerprint density at radius 1 is 0.787 bits per heavy atom. The monoisotopic (exact) mass is 733 g/mol. The molecule has 0 heterocycles. The Balaban J connectivity index is 2.02. The van der Waals surface area contributed by atoms with E-state index in [9.17, 15) is 66.5 Å². The minimum atomic E-state index is -7.56. The summed E-state index contributed by atoms with van der Waals surface area (Å²) in [5, 5.41) is -12.6. The number of carbonyl (C=O) groups excluding carboxylic acids is 3. The normalized spacial score (nSPS) is 19.9. The van der Waals surface area contributed by atoms with E-state index in [1.807, 2.05) is 0 Å².